The fraction of sp³-hybridized carbons (Fsp3) is 0.269. The Morgan fingerprint density at radius 1 is 1.09 bits per heavy atom. The van der Waals surface area contributed by atoms with E-state index in [-0.39, 0.29) is 18.0 Å². The summed E-state index contributed by atoms with van der Waals surface area (Å²) in [5, 5.41) is 36.3. The molecule has 8 nitrogen and oxygen atoms in total. The van der Waals surface area contributed by atoms with Crippen LogP contribution in [0.15, 0.2) is 60.7 Å². The van der Waals surface area contributed by atoms with Gasteiger partial charge in [0.15, 0.2) is 5.69 Å². The Morgan fingerprint density at radius 3 is 2.34 bits per heavy atom. The number of hydrogen-bond acceptors (Lipinski definition) is 5. The monoisotopic (exact) mass is 481 g/mol. The fourth-order valence-electron chi connectivity index (χ4n) is 3.68. The van der Waals surface area contributed by atoms with Gasteiger partial charge in [-0.15, -0.1) is 0 Å². The molecule has 0 radical (unpaired) electrons. The second-order valence-electron chi connectivity index (χ2n) is 8.42. The molecule has 0 aliphatic rings. The third kappa shape index (κ3) is 6.84. The van der Waals surface area contributed by atoms with Crippen molar-refractivity contribution >= 4 is 23.6 Å². The molecule has 3 aromatic rings. The minimum atomic E-state index is -1.22. The van der Waals surface area contributed by atoms with Crippen LogP contribution in [0, 0.1) is 5.82 Å². The number of hydrogen-bond donors (Lipinski definition) is 4. The second kappa shape index (κ2) is 11.5. The summed E-state index contributed by atoms with van der Waals surface area (Å²) >= 11 is 0. The molecular weight excluding hydrogens is 453 g/mol. The summed E-state index contributed by atoms with van der Waals surface area (Å²) in [6, 6.07) is 14.5. The first-order valence-electron chi connectivity index (χ1n) is 11.2. The van der Waals surface area contributed by atoms with Gasteiger partial charge in [-0.3, -0.25) is 9.59 Å². The summed E-state index contributed by atoms with van der Waals surface area (Å²) in [6.07, 6.45) is -0.0325. The third-order valence-corrected chi connectivity index (χ3v) is 5.25. The average Bonchev–Trinajstić information content (AvgIpc) is 3.18. The highest BCUT2D eigenvalue weighted by molar-refractivity contribution is 6.04. The van der Waals surface area contributed by atoms with E-state index < -0.39 is 36.3 Å². The van der Waals surface area contributed by atoms with Gasteiger partial charge in [0.1, 0.15) is 5.82 Å². The molecule has 0 spiro atoms. The average molecular weight is 482 g/mol. The Kier molecular flexibility index (Phi) is 8.51. The number of benzene rings is 2. The van der Waals surface area contributed by atoms with Crippen molar-refractivity contribution in [2.75, 3.05) is 5.32 Å². The standard InChI is InChI=1S/C26H28FN3O5/c1-16(2)24-22(13-12-20(31)14-21(32)15-23(33)34)30(19-10-8-17(27)9-11-19)29-25(24)26(35)28-18-6-4-3-5-7-18/h3-13,16,20-21,31-32H,14-15H2,1-2H3,(H,28,35)(H,33,34)/b13-12+/t20-,21+/m0/s1. The zero-order valence-corrected chi connectivity index (χ0v) is 19.4. The molecular formula is C26H28FN3O5. The van der Waals surface area contributed by atoms with Crippen LogP contribution in [0.4, 0.5) is 10.1 Å². The van der Waals surface area contributed by atoms with Crippen molar-refractivity contribution < 1.29 is 29.3 Å². The highest BCUT2D eigenvalue weighted by Gasteiger charge is 2.25. The molecule has 0 bridgehead atoms. The number of carboxylic acid groups (broad SMARTS) is 1. The molecule has 2 atom stereocenters. The molecule has 0 fully saturated rings. The van der Waals surface area contributed by atoms with Gasteiger partial charge in [0.2, 0.25) is 0 Å². The normalized spacial score (nSPS) is 13.2. The third-order valence-electron chi connectivity index (χ3n) is 5.25. The maximum atomic E-state index is 13.5. The van der Waals surface area contributed by atoms with E-state index in [1.807, 2.05) is 19.9 Å². The zero-order chi connectivity index (χ0) is 25.5. The minimum Gasteiger partial charge on any atom is -0.481 e. The number of carbonyl (C=O) groups is 2. The number of rotatable bonds is 10. The Hall–Kier alpha value is -3.82. The molecule has 2 aromatic carbocycles. The zero-order valence-electron chi connectivity index (χ0n) is 19.4. The lowest BCUT2D eigenvalue weighted by atomic mass is 9.98. The van der Waals surface area contributed by atoms with Crippen molar-refractivity contribution in [1.82, 2.24) is 9.78 Å². The number of anilines is 1. The summed E-state index contributed by atoms with van der Waals surface area (Å²) < 4.78 is 15.0. The first-order chi connectivity index (χ1) is 16.7. The van der Waals surface area contributed by atoms with Crippen LogP contribution in [0.2, 0.25) is 0 Å². The Bertz CT molecular complexity index is 1190. The van der Waals surface area contributed by atoms with Gasteiger partial charge >= 0.3 is 5.97 Å². The summed E-state index contributed by atoms with van der Waals surface area (Å²) in [5.74, 6) is -2.16. The molecule has 0 saturated carbocycles. The van der Waals surface area contributed by atoms with Crippen LogP contribution >= 0.6 is 0 Å². The van der Waals surface area contributed by atoms with E-state index in [9.17, 15) is 24.2 Å². The lowest BCUT2D eigenvalue weighted by molar-refractivity contribution is -0.139. The number of amides is 1. The Labute approximate surface area is 202 Å². The largest absolute Gasteiger partial charge is 0.481 e. The van der Waals surface area contributed by atoms with Crippen LogP contribution in [0.1, 0.15) is 54.4 Å². The van der Waals surface area contributed by atoms with Crippen LogP contribution in [0.3, 0.4) is 0 Å². The molecule has 9 heteroatoms. The van der Waals surface area contributed by atoms with Gasteiger partial charge in [-0.05, 0) is 48.4 Å². The fourth-order valence-corrected chi connectivity index (χ4v) is 3.68. The molecule has 3 rings (SSSR count). The van der Waals surface area contributed by atoms with E-state index in [2.05, 4.69) is 10.4 Å². The number of carboxylic acids is 1. The van der Waals surface area contributed by atoms with Gasteiger partial charge in [0, 0.05) is 17.7 Å². The van der Waals surface area contributed by atoms with Gasteiger partial charge in [-0.25, -0.2) is 9.07 Å². The highest BCUT2D eigenvalue weighted by atomic mass is 19.1. The quantitative estimate of drug-likeness (QED) is 0.347. The van der Waals surface area contributed by atoms with Crippen LogP contribution in [-0.2, 0) is 4.79 Å². The second-order valence-corrected chi connectivity index (χ2v) is 8.42. The van der Waals surface area contributed by atoms with E-state index in [1.54, 1.807) is 30.3 Å². The maximum Gasteiger partial charge on any atom is 0.305 e. The van der Waals surface area contributed by atoms with Gasteiger partial charge in [0.05, 0.1) is 30.0 Å². The van der Waals surface area contributed by atoms with Crippen molar-refractivity contribution in [3.05, 3.63) is 83.4 Å². The predicted molar refractivity (Wildman–Crippen MR) is 130 cm³/mol. The number of para-hydroxylation sites is 1. The lowest BCUT2D eigenvalue weighted by Gasteiger charge is -2.12. The van der Waals surface area contributed by atoms with Crippen LogP contribution in [0.25, 0.3) is 11.8 Å². The highest BCUT2D eigenvalue weighted by Crippen LogP contribution is 2.28. The van der Waals surface area contributed by atoms with E-state index in [1.165, 1.54) is 35.0 Å². The molecule has 1 aromatic heterocycles. The van der Waals surface area contributed by atoms with Crippen molar-refractivity contribution in [2.45, 2.75) is 44.8 Å². The Morgan fingerprint density at radius 2 is 1.74 bits per heavy atom. The number of carbonyl (C=O) groups excluding carboxylic acids is 1. The molecule has 4 N–H and O–H groups in total. The number of aromatic nitrogens is 2. The number of nitrogens with one attached hydrogen (secondary N) is 1. The molecule has 0 saturated heterocycles. The molecule has 35 heavy (non-hydrogen) atoms. The minimum absolute atomic E-state index is 0.143. The smallest absolute Gasteiger partial charge is 0.305 e. The molecule has 1 amide bonds. The number of aliphatic hydroxyl groups excluding tert-OH is 2. The van der Waals surface area contributed by atoms with Crippen LogP contribution < -0.4 is 5.32 Å². The summed E-state index contributed by atoms with van der Waals surface area (Å²) in [7, 11) is 0. The predicted octanol–water partition coefficient (Wildman–Crippen LogP) is 3.99. The Balaban J connectivity index is 2.02. The summed E-state index contributed by atoms with van der Waals surface area (Å²) in [5.41, 5.74) is 2.39. The number of aliphatic hydroxyl groups is 2. The van der Waals surface area contributed by atoms with E-state index in [0.717, 1.165) is 0 Å². The molecule has 0 aliphatic heterocycles. The van der Waals surface area contributed by atoms with E-state index in [4.69, 9.17) is 5.11 Å². The molecule has 184 valence electrons. The molecule has 0 unspecified atom stereocenters. The van der Waals surface area contributed by atoms with Crippen molar-refractivity contribution in [3.63, 3.8) is 0 Å². The van der Waals surface area contributed by atoms with Gasteiger partial charge in [-0.2, -0.15) is 5.10 Å². The van der Waals surface area contributed by atoms with Gasteiger partial charge in [0.25, 0.3) is 5.91 Å². The lowest BCUT2D eigenvalue weighted by Crippen LogP contribution is -2.19. The first-order valence-corrected chi connectivity index (χ1v) is 11.2. The van der Waals surface area contributed by atoms with E-state index in [0.29, 0.717) is 22.6 Å². The van der Waals surface area contributed by atoms with Gasteiger partial charge < -0.3 is 20.6 Å². The topological polar surface area (TPSA) is 125 Å². The first kappa shape index (κ1) is 25.8. The number of aliphatic carboxylic acids is 1. The number of nitrogens with zero attached hydrogens (tertiary/aromatic N) is 2. The molecule has 0 aliphatic carbocycles. The van der Waals surface area contributed by atoms with Crippen molar-refractivity contribution in [1.29, 1.82) is 0 Å². The summed E-state index contributed by atoms with van der Waals surface area (Å²) in [6.45, 7) is 3.80. The summed E-state index contributed by atoms with van der Waals surface area (Å²) in [4.78, 5) is 23.9. The van der Waals surface area contributed by atoms with E-state index >= 15 is 0 Å². The molecule has 1 heterocycles. The van der Waals surface area contributed by atoms with Crippen LogP contribution in [0.5, 0.6) is 0 Å². The SMILES string of the molecule is CC(C)c1c(C(=O)Nc2ccccc2)nn(-c2ccc(F)cc2)c1/C=C/[C@H](O)C[C@@H](O)CC(=O)O. The van der Waals surface area contributed by atoms with Crippen LogP contribution in [-0.4, -0.2) is 49.2 Å². The van der Waals surface area contributed by atoms with Crippen molar-refractivity contribution in [3.8, 4) is 5.69 Å². The van der Waals surface area contributed by atoms with Gasteiger partial charge in [-0.1, -0.05) is 38.1 Å². The van der Waals surface area contributed by atoms with Crippen molar-refractivity contribution in [2.24, 2.45) is 0 Å². The maximum absolute atomic E-state index is 13.5. The number of halogens is 1.